The van der Waals surface area contributed by atoms with E-state index in [1.807, 2.05) is 7.05 Å². The van der Waals surface area contributed by atoms with Gasteiger partial charge in [0.15, 0.2) is 23.1 Å². The third-order valence-corrected chi connectivity index (χ3v) is 6.53. The Kier molecular flexibility index (Phi) is 7.93. The number of benzene rings is 2. The molecule has 1 aliphatic heterocycles. The van der Waals surface area contributed by atoms with E-state index < -0.39 is 11.6 Å². The minimum atomic E-state index is -0.808. The summed E-state index contributed by atoms with van der Waals surface area (Å²) in [5.41, 5.74) is 0.926. The quantitative estimate of drug-likeness (QED) is 0.445. The normalized spacial score (nSPS) is 17.3. The molecule has 0 saturated carbocycles. The van der Waals surface area contributed by atoms with E-state index in [0.29, 0.717) is 24.2 Å². The summed E-state index contributed by atoms with van der Waals surface area (Å²) in [5, 5.41) is 3.04. The molecular weight excluding hydrogens is 477 g/mol. The van der Waals surface area contributed by atoms with Crippen molar-refractivity contribution in [3.63, 3.8) is 0 Å². The maximum atomic E-state index is 14.8. The number of ketones is 2. The number of nitrogens with zero attached hydrogens (tertiary/aromatic N) is 2. The van der Waals surface area contributed by atoms with Crippen LogP contribution in [0.2, 0.25) is 0 Å². The molecule has 1 saturated heterocycles. The Morgan fingerprint density at radius 2 is 1.54 bits per heavy atom. The van der Waals surface area contributed by atoms with Gasteiger partial charge in [0.25, 0.3) is 5.91 Å². The molecule has 1 aromatic heterocycles. The van der Waals surface area contributed by atoms with E-state index in [2.05, 4.69) is 15.2 Å². The van der Waals surface area contributed by atoms with Gasteiger partial charge >= 0.3 is 0 Å². The first-order valence-electron chi connectivity index (χ1n) is 11.8. The molecule has 0 radical (unpaired) electrons. The van der Waals surface area contributed by atoms with Crippen molar-refractivity contribution in [3.8, 4) is 11.5 Å². The number of hydrogen-bond donors (Lipinski definition) is 1. The SMILES string of the molecule is COc1ccc(OC)c(C(=O)c2ccc(C(=O)C[C@@H]3CN(C)C[C@H]3NC(=O)c3ccncc3)cc2)c1F. The monoisotopic (exact) mass is 505 g/mol. The average Bonchev–Trinajstić information content (AvgIpc) is 3.26. The first-order chi connectivity index (χ1) is 17.8. The third-order valence-electron chi connectivity index (χ3n) is 6.53. The summed E-state index contributed by atoms with van der Waals surface area (Å²) >= 11 is 0. The number of halogens is 1. The minimum absolute atomic E-state index is 0.0666. The minimum Gasteiger partial charge on any atom is -0.496 e. The van der Waals surface area contributed by atoms with E-state index in [-0.39, 0.29) is 52.7 Å². The number of methoxy groups -OCH3 is 2. The topological polar surface area (TPSA) is 97.8 Å². The van der Waals surface area contributed by atoms with E-state index in [0.717, 1.165) is 0 Å². The molecule has 4 rings (SSSR count). The summed E-state index contributed by atoms with van der Waals surface area (Å²) in [5.74, 6) is -1.74. The van der Waals surface area contributed by atoms with Crippen molar-refractivity contribution < 1.29 is 28.2 Å². The van der Waals surface area contributed by atoms with Crippen molar-refractivity contribution >= 4 is 17.5 Å². The summed E-state index contributed by atoms with van der Waals surface area (Å²) in [6.45, 7) is 1.30. The predicted octanol–water partition coefficient (Wildman–Crippen LogP) is 3.40. The molecule has 2 heterocycles. The fraction of sp³-hybridized carbons (Fsp3) is 0.286. The highest BCUT2D eigenvalue weighted by Crippen LogP contribution is 2.31. The summed E-state index contributed by atoms with van der Waals surface area (Å²) in [7, 11) is 4.62. The first kappa shape index (κ1) is 26.0. The zero-order chi connectivity index (χ0) is 26.5. The van der Waals surface area contributed by atoms with Crippen LogP contribution in [0.3, 0.4) is 0 Å². The zero-order valence-electron chi connectivity index (χ0n) is 20.9. The van der Waals surface area contributed by atoms with Gasteiger partial charge < -0.3 is 19.7 Å². The molecule has 1 N–H and O–H groups in total. The smallest absolute Gasteiger partial charge is 0.251 e. The highest BCUT2D eigenvalue weighted by atomic mass is 19.1. The largest absolute Gasteiger partial charge is 0.496 e. The molecule has 0 aliphatic carbocycles. The molecule has 192 valence electrons. The molecule has 1 aliphatic rings. The van der Waals surface area contributed by atoms with E-state index in [4.69, 9.17) is 9.47 Å². The van der Waals surface area contributed by atoms with Crippen molar-refractivity contribution in [2.45, 2.75) is 12.5 Å². The second kappa shape index (κ2) is 11.3. The second-order valence-corrected chi connectivity index (χ2v) is 8.99. The number of hydrogen-bond acceptors (Lipinski definition) is 7. The van der Waals surface area contributed by atoms with Crippen LogP contribution in [-0.4, -0.2) is 67.8 Å². The molecule has 2 atom stereocenters. The van der Waals surface area contributed by atoms with Gasteiger partial charge in [-0.1, -0.05) is 24.3 Å². The number of Topliss-reactive ketones (excluding diaryl/α,β-unsaturated/α-hetero) is 1. The lowest BCUT2D eigenvalue weighted by Crippen LogP contribution is -2.41. The highest BCUT2D eigenvalue weighted by Gasteiger charge is 2.34. The average molecular weight is 506 g/mol. The summed E-state index contributed by atoms with van der Waals surface area (Å²) < 4.78 is 25.0. The molecule has 1 fully saturated rings. The number of pyridine rings is 1. The number of amides is 1. The summed E-state index contributed by atoms with van der Waals surface area (Å²) in [6, 6.07) is 12.1. The van der Waals surface area contributed by atoms with Crippen molar-refractivity contribution in [1.82, 2.24) is 15.2 Å². The Bertz CT molecular complexity index is 1300. The number of rotatable bonds is 9. The molecule has 3 aromatic rings. The van der Waals surface area contributed by atoms with Gasteiger partial charge in [0.05, 0.1) is 14.2 Å². The van der Waals surface area contributed by atoms with Crippen LogP contribution in [-0.2, 0) is 0 Å². The Labute approximate surface area is 214 Å². The van der Waals surface area contributed by atoms with Gasteiger partial charge in [0.2, 0.25) is 0 Å². The van der Waals surface area contributed by atoms with Gasteiger partial charge in [-0.25, -0.2) is 4.39 Å². The summed E-state index contributed by atoms with van der Waals surface area (Å²) in [6.07, 6.45) is 3.35. The van der Waals surface area contributed by atoms with Crippen LogP contribution in [0.4, 0.5) is 4.39 Å². The highest BCUT2D eigenvalue weighted by molar-refractivity contribution is 6.11. The van der Waals surface area contributed by atoms with Gasteiger partial charge in [-0.2, -0.15) is 0 Å². The standard InChI is InChI=1S/C28H28FN3O5/c1-32-15-20(21(16-32)31-28(35)19-10-12-30-13-11-19)14-22(33)17-4-6-18(7-5-17)27(34)25-23(36-2)8-9-24(37-3)26(25)29/h4-13,20-21H,14-16H2,1-3H3,(H,31,35)/t20-,21-/m1/s1. The van der Waals surface area contributed by atoms with E-state index in [1.54, 1.807) is 36.7 Å². The molecule has 0 spiro atoms. The Morgan fingerprint density at radius 3 is 2.19 bits per heavy atom. The lowest BCUT2D eigenvalue weighted by atomic mass is 9.93. The molecule has 0 unspecified atom stereocenters. The van der Waals surface area contributed by atoms with Crippen molar-refractivity contribution in [3.05, 3.63) is 89.0 Å². The Balaban J connectivity index is 1.46. The summed E-state index contributed by atoms with van der Waals surface area (Å²) in [4.78, 5) is 44.8. The molecule has 37 heavy (non-hydrogen) atoms. The maximum absolute atomic E-state index is 14.8. The predicted molar refractivity (Wildman–Crippen MR) is 135 cm³/mol. The van der Waals surface area contributed by atoms with Gasteiger partial charge in [-0.3, -0.25) is 19.4 Å². The van der Waals surface area contributed by atoms with Crippen LogP contribution in [0.5, 0.6) is 11.5 Å². The van der Waals surface area contributed by atoms with Crippen LogP contribution in [0.1, 0.15) is 43.1 Å². The van der Waals surface area contributed by atoms with Gasteiger partial charge in [-0.05, 0) is 31.3 Å². The Morgan fingerprint density at radius 1 is 0.919 bits per heavy atom. The molecule has 2 aromatic carbocycles. The number of aromatic nitrogens is 1. The van der Waals surface area contributed by atoms with Crippen LogP contribution in [0.25, 0.3) is 0 Å². The van der Waals surface area contributed by atoms with Crippen molar-refractivity contribution in [2.24, 2.45) is 5.92 Å². The van der Waals surface area contributed by atoms with Crippen LogP contribution in [0, 0.1) is 11.7 Å². The number of nitrogens with one attached hydrogen (secondary N) is 1. The van der Waals surface area contributed by atoms with Crippen LogP contribution < -0.4 is 14.8 Å². The number of carbonyl (C=O) groups is 3. The van der Waals surface area contributed by atoms with E-state index in [9.17, 15) is 18.8 Å². The molecule has 1 amide bonds. The molecule has 0 bridgehead atoms. The van der Waals surface area contributed by atoms with Gasteiger partial charge in [0, 0.05) is 60.6 Å². The molecule has 9 heteroatoms. The zero-order valence-corrected chi connectivity index (χ0v) is 20.9. The van der Waals surface area contributed by atoms with Crippen molar-refractivity contribution in [2.75, 3.05) is 34.4 Å². The van der Waals surface area contributed by atoms with Gasteiger partial charge in [0.1, 0.15) is 11.3 Å². The maximum Gasteiger partial charge on any atom is 0.251 e. The van der Waals surface area contributed by atoms with Gasteiger partial charge in [-0.15, -0.1) is 0 Å². The third kappa shape index (κ3) is 5.67. The van der Waals surface area contributed by atoms with E-state index >= 15 is 0 Å². The lowest BCUT2D eigenvalue weighted by Gasteiger charge is -2.19. The number of likely N-dealkylation sites (N-methyl/N-ethyl adjacent to an activating group) is 1. The molecular formula is C28H28FN3O5. The van der Waals surface area contributed by atoms with E-state index in [1.165, 1.54) is 38.5 Å². The number of ether oxygens (including phenoxy) is 2. The fourth-order valence-corrected chi connectivity index (χ4v) is 4.60. The van der Waals surface area contributed by atoms with Crippen molar-refractivity contribution in [1.29, 1.82) is 0 Å². The fourth-order valence-electron chi connectivity index (χ4n) is 4.60. The second-order valence-electron chi connectivity index (χ2n) is 8.99. The number of carbonyl (C=O) groups excluding carboxylic acids is 3. The van der Waals surface area contributed by atoms with Crippen LogP contribution in [0.15, 0.2) is 60.9 Å². The Hall–Kier alpha value is -4.11. The van der Waals surface area contributed by atoms with Crippen LogP contribution >= 0.6 is 0 Å². The molecule has 8 nitrogen and oxygen atoms in total. The number of likely N-dealkylation sites (tertiary alicyclic amines) is 1. The lowest BCUT2D eigenvalue weighted by molar-refractivity contribution is 0.0902. The first-order valence-corrected chi connectivity index (χ1v) is 11.8.